The Kier molecular flexibility index (Phi) is 6.31. The van der Waals surface area contributed by atoms with Crippen molar-refractivity contribution in [3.05, 3.63) is 41.9 Å². The molecule has 9 nitrogen and oxygen atoms in total. The van der Waals surface area contributed by atoms with Crippen molar-refractivity contribution in [3.63, 3.8) is 0 Å². The second-order valence-electron chi connectivity index (χ2n) is 5.21. The van der Waals surface area contributed by atoms with E-state index in [2.05, 4.69) is 14.7 Å². The molecule has 0 saturated heterocycles. The van der Waals surface area contributed by atoms with Crippen molar-refractivity contribution >= 4 is 17.7 Å². The highest BCUT2D eigenvalue weighted by molar-refractivity contribution is 5.97. The van der Waals surface area contributed by atoms with Crippen LogP contribution in [0.25, 0.3) is 0 Å². The van der Waals surface area contributed by atoms with E-state index in [-0.39, 0.29) is 24.6 Å². The SMILES string of the molecule is COC(=O)CN(Cc1ccc(OC)cc1OC)C(=O)c1nccnc1N. The van der Waals surface area contributed by atoms with Crippen LogP contribution in [0.5, 0.6) is 11.5 Å². The lowest BCUT2D eigenvalue weighted by Gasteiger charge is -2.22. The van der Waals surface area contributed by atoms with Crippen molar-refractivity contribution in [2.75, 3.05) is 33.6 Å². The van der Waals surface area contributed by atoms with E-state index in [1.165, 1.54) is 31.5 Å². The number of rotatable bonds is 7. The van der Waals surface area contributed by atoms with Gasteiger partial charge in [0.05, 0.1) is 27.9 Å². The molecule has 2 N–H and O–H groups in total. The summed E-state index contributed by atoms with van der Waals surface area (Å²) in [6, 6.07) is 5.16. The van der Waals surface area contributed by atoms with Crippen molar-refractivity contribution in [1.82, 2.24) is 14.9 Å². The van der Waals surface area contributed by atoms with E-state index in [0.717, 1.165) is 0 Å². The third kappa shape index (κ3) is 4.38. The Morgan fingerprint density at radius 1 is 1.12 bits per heavy atom. The number of ether oxygens (including phenoxy) is 3. The quantitative estimate of drug-likeness (QED) is 0.724. The van der Waals surface area contributed by atoms with Gasteiger partial charge in [0.25, 0.3) is 5.91 Å². The molecule has 1 amide bonds. The number of anilines is 1. The van der Waals surface area contributed by atoms with Gasteiger partial charge < -0.3 is 24.8 Å². The van der Waals surface area contributed by atoms with Crippen molar-refractivity contribution < 1.29 is 23.8 Å². The van der Waals surface area contributed by atoms with Crippen molar-refractivity contribution in [3.8, 4) is 11.5 Å². The normalized spacial score (nSPS) is 10.1. The molecule has 1 aromatic carbocycles. The fourth-order valence-corrected chi connectivity index (χ4v) is 2.27. The molecule has 0 aliphatic carbocycles. The minimum atomic E-state index is -0.576. The van der Waals surface area contributed by atoms with Crippen LogP contribution in [0, 0.1) is 0 Å². The summed E-state index contributed by atoms with van der Waals surface area (Å²) in [5, 5.41) is 0. The van der Waals surface area contributed by atoms with Gasteiger partial charge in [-0.1, -0.05) is 0 Å². The summed E-state index contributed by atoms with van der Waals surface area (Å²) in [5.74, 6) is -0.0185. The minimum absolute atomic E-state index is 0.0194. The average Bonchev–Trinajstić information content (AvgIpc) is 2.67. The van der Waals surface area contributed by atoms with Gasteiger partial charge in [0.15, 0.2) is 11.5 Å². The lowest BCUT2D eigenvalue weighted by molar-refractivity contribution is -0.141. The topological polar surface area (TPSA) is 117 Å². The zero-order valence-corrected chi connectivity index (χ0v) is 14.8. The molecule has 0 fully saturated rings. The Morgan fingerprint density at radius 3 is 2.46 bits per heavy atom. The monoisotopic (exact) mass is 360 g/mol. The number of esters is 1. The van der Waals surface area contributed by atoms with Crippen LogP contribution in [0.2, 0.25) is 0 Å². The van der Waals surface area contributed by atoms with Crippen LogP contribution in [0.1, 0.15) is 16.1 Å². The average molecular weight is 360 g/mol. The maximum atomic E-state index is 12.8. The first-order valence-corrected chi connectivity index (χ1v) is 7.63. The minimum Gasteiger partial charge on any atom is -0.497 e. The van der Waals surface area contributed by atoms with E-state index in [0.29, 0.717) is 17.1 Å². The molecule has 2 aromatic rings. The number of amides is 1. The van der Waals surface area contributed by atoms with E-state index < -0.39 is 11.9 Å². The molecule has 0 saturated carbocycles. The van der Waals surface area contributed by atoms with Gasteiger partial charge in [-0.15, -0.1) is 0 Å². The number of hydrogen-bond donors (Lipinski definition) is 1. The molecule has 0 radical (unpaired) electrons. The van der Waals surface area contributed by atoms with E-state index in [1.807, 2.05) is 0 Å². The number of carbonyl (C=O) groups is 2. The predicted octanol–water partition coefficient (Wildman–Crippen LogP) is 0.891. The first-order chi connectivity index (χ1) is 12.5. The van der Waals surface area contributed by atoms with E-state index in [1.54, 1.807) is 25.3 Å². The number of carbonyl (C=O) groups excluding carboxylic acids is 2. The highest BCUT2D eigenvalue weighted by atomic mass is 16.5. The lowest BCUT2D eigenvalue weighted by Crippen LogP contribution is -2.36. The largest absolute Gasteiger partial charge is 0.497 e. The Bertz CT molecular complexity index is 796. The molecule has 0 spiro atoms. The van der Waals surface area contributed by atoms with E-state index in [4.69, 9.17) is 15.2 Å². The summed E-state index contributed by atoms with van der Waals surface area (Å²) in [5.41, 5.74) is 6.37. The van der Waals surface area contributed by atoms with Crippen LogP contribution in [-0.4, -0.2) is 54.6 Å². The van der Waals surface area contributed by atoms with Gasteiger partial charge in [-0.25, -0.2) is 9.97 Å². The zero-order valence-electron chi connectivity index (χ0n) is 14.8. The number of nitrogen functional groups attached to an aromatic ring is 1. The highest BCUT2D eigenvalue weighted by Crippen LogP contribution is 2.26. The zero-order chi connectivity index (χ0) is 19.1. The molecule has 1 aromatic heterocycles. The summed E-state index contributed by atoms with van der Waals surface area (Å²) in [4.78, 5) is 33.6. The van der Waals surface area contributed by atoms with Crippen molar-refractivity contribution in [1.29, 1.82) is 0 Å². The summed E-state index contributed by atoms with van der Waals surface area (Å²) in [6.07, 6.45) is 2.73. The van der Waals surface area contributed by atoms with E-state index in [9.17, 15) is 9.59 Å². The molecule has 26 heavy (non-hydrogen) atoms. The lowest BCUT2D eigenvalue weighted by atomic mass is 10.1. The maximum Gasteiger partial charge on any atom is 0.325 e. The smallest absolute Gasteiger partial charge is 0.325 e. The molecule has 138 valence electrons. The van der Waals surface area contributed by atoms with Gasteiger partial charge in [0, 0.05) is 24.0 Å². The molecule has 2 rings (SSSR count). The number of nitrogens with zero attached hydrogens (tertiary/aromatic N) is 3. The Hall–Kier alpha value is -3.36. The molecule has 0 aliphatic rings. The fraction of sp³-hybridized carbons (Fsp3) is 0.294. The third-order valence-corrected chi connectivity index (χ3v) is 3.62. The second kappa shape index (κ2) is 8.65. The first kappa shape index (κ1) is 19.0. The van der Waals surface area contributed by atoms with Crippen LogP contribution in [-0.2, 0) is 16.1 Å². The summed E-state index contributed by atoms with van der Waals surface area (Å²) >= 11 is 0. The van der Waals surface area contributed by atoms with Gasteiger partial charge in [0.2, 0.25) is 0 Å². The molecular formula is C17H20N4O5. The van der Waals surface area contributed by atoms with Gasteiger partial charge >= 0.3 is 5.97 Å². The Balaban J connectivity index is 2.35. The molecule has 1 heterocycles. The molecular weight excluding hydrogens is 340 g/mol. The summed E-state index contributed by atoms with van der Waals surface area (Å²) in [7, 11) is 4.29. The van der Waals surface area contributed by atoms with Crippen molar-refractivity contribution in [2.45, 2.75) is 6.54 Å². The standard InChI is InChI=1S/C17H20N4O5/c1-24-12-5-4-11(13(8-12)25-2)9-21(10-14(22)26-3)17(23)15-16(18)20-7-6-19-15/h4-8H,9-10H2,1-3H3,(H2,18,20). The number of methoxy groups -OCH3 is 3. The molecule has 0 unspecified atom stereocenters. The van der Waals surface area contributed by atoms with Crippen LogP contribution < -0.4 is 15.2 Å². The van der Waals surface area contributed by atoms with Gasteiger partial charge in [-0.3, -0.25) is 9.59 Å². The van der Waals surface area contributed by atoms with Gasteiger partial charge in [-0.2, -0.15) is 0 Å². The second-order valence-corrected chi connectivity index (χ2v) is 5.21. The highest BCUT2D eigenvalue weighted by Gasteiger charge is 2.24. The van der Waals surface area contributed by atoms with Crippen LogP contribution >= 0.6 is 0 Å². The number of benzene rings is 1. The van der Waals surface area contributed by atoms with Crippen LogP contribution in [0.4, 0.5) is 5.82 Å². The number of hydrogen-bond acceptors (Lipinski definition) is 8. The predicted molar refractivity (Wildman–Crippen MR) is 92.7 cm³/mol. The van der Waals surface area contributed by atoms with Crippen LogP contribution in [0.15, 0.2) is 30.6 Å². The van der Waals surface area contributed by atoms with Crippen molar-refractivity contribution in [2.24, 2.45) is 0 Å². The van der Waals surface area contributed by atoms with Gasteiger partial charge in [0.1, 0.15) is 18.0 Å². The molecule has 0 aliphatic heterocycles. The number of nitrogens with two attached hydrogens (primary N) is 1. The molecule has 0 bridgehead atoms. The summed E-state index contributed by atoms with van der Waals surface area (Å²) < 4.78 is 15.2. The molecule has 0 atom stereocenters. The fourth-order valence-electron chi connectivity index (χ4n) is 2.27. The van der Waals surface area contributed by atoms with Gasteiger partial charge in [-0.05, 0) is 12.1 Å². The number of aromatic nitrogens is 2. The Labute approximate surface area is 150 Å². The molecule has 9 heteroatoms. The Morgan fingerprint density at radius 2 is 1.85 bits per heavy atom. The third-order valence-electron chi connectivity index (χ3n) is 3.62. The summed E-state index contributed by atoms with van der Waals surface area (Å²) in [6.45, 7) is -0.197. The van der Waals surface area contributed by atoms with E-state index >= 15 is 0 Å². The first-order valence-electron chi connectivity index (χ1n) is 7.63. The van der Waals surface area contributed by atoms with Crippen LogP contribution in [0.3, 0.4) is 0 Å². The maximum absolute atomic E-state index is 12.8.